The summed E-state index contributed by atoms with van der Waals surface area (Å²) in [5, 5.41) is 0. The van der Waals surface area contributed by atoms with Gasteiger partial charge in [-0.2, -0.15) is 13.2 Å². The third-order valence-corrected chi connectivity index (χ3v) is 3.49. The van der Waals surface area contributed by atoms with Crippen LogP contribution in [0, 0.1) is 11.8 Å². The summed E-state index contributed by atoms with van der Waals surface area (Å²) >= 11 is 0. The summed E-state index contributed by atoms with van der Waals surface area (Å²) < 4.78 is 53.3. The zero-order chi connectivity index (χ0) is 20.0. The van der Waals surface area contributed by atoms with Crippen LogP contribution in [0.5, 0.6) is 0 Å². The van der Waals surface area contributed by atoms with E-state index in [1.54, 1.807) is 12.2 Å². The van der Waals surface area contributed by atoms with E-state index in [-0.39, 0.29) is 6.61 Å². The third kappa shape index (κ3) is 6.46. The van der Waals surface area contributed by atoms with Gasteiger partial charge >= 0.3 is 18.1 Å². The Morgan fingerprint density at radius 3 is 2.33 bits per heavy atom. The lowest BCUT2D eigenvalue weighted by Crippen LogP contribution is -2.41. The van der Waals surface area contributed by atoms with Gasteiger partial charge in [0.05, 0.1) is 5.56 Å². The van der Waals surface area contributed by atoms with Crippen LogP contribution in [0.25, 0.3) is 0 Å². The Morgan fingerprint density at radius 1 is 1.11 bits per heavy atom. The highest BCUT2D eigenvalue weighted by Crippen LogP contribution is 2.29. The van der Waals surface area contributed by atoms with Crippen molar-refractivity contribution in [2.45, 2.75) is 38.3 Å². The molecule has 0 amide bonds. The molecule has 3 atom stereocenters. The molecular formula is C19H17F3O5. The lowest BCUT2D eigenvalue weighted by Gasteiger charge is -2.29. The topological polar surface area (TPSA) is 61.8 Å². The van der Waals surface area contributed by atoms with Crippen molar-refractivity contribution >= 4 is 11.9 Å². The largest absolute Gasteiger partial charge is 0.463 e. The number of hydrogen-bond acceptors (Lipinski definition) is 5. The van der Waals surface area contributed by atoms with Gasteiger partial charge in [0, 0.05) is 19.4 Å². The van der Waals surface area contributed by atoms with Crippen molar-refractivity contribution < 1.29 is 37.0 Å². The van der Waals surface area contributed by atoms with Crippen LogP contribution in [0.15, 0.2) is 36.4 Å². The Bertz CT molecular complexity index is 771. The van der Waals surface area contributed by atoms with Gasteiger partial charge in [0.25, 0.3) is 0 Å². The molecule has 0 N–H and O–H groups in total. The van der Waals surface area contributed by atoms with Gasteiger partial charge in [-0.25, -0.2) is 0 Å². The molecule has 1 heterocycles. The number of ether oxygens (including phenoxy) is 3. The summed E-state index contributed by atoms with van der Waals surface area (Å²) in [6, 6.07) is 4.42. The van der Waals surface area contributed by atoms with Crippen molar-refractivity contribution in [3.05, 3.63) is 47.5 Å². The minimum Gasteiger partial charge on any atom is -0.463 e. The molecule has 1 aliphatic heterocycles. The molecular weight excluding hydrogens is 365 g/mol. The normalized spacial score (nSPS) is 21.7. The van der Waals surface area contributed by atoms with Crippen molar-refractivity contribution in [1.29, 1.82) is 0 Å². The molecule has 2 rings (SSSR count). The van der Waals surface area contributed by atoms with Gasteiger partial charge in [-0.15, -0.1) is 0 Å². The minimum atomic E-state index is -4.41. The molecule has 0 unspecified atom stereocenters. The average Bonchev–Trinajstić information content (AvgIpc) is 2.58. The molecule has 1 aliphatic rings. The predicted octanol–water partition coefficient (Wildman–Crippen LogP) is 2.88. The maximum atomic E-state index is 12.6. The van der Waals surface area contributed by atoms with Crippen LogP contribution in [0.2, 0.25) is 0 Å². The highest BCUT2D eigenvalue weighted by molar-refractivity contribution is 5.67. The van der Waals surface area contributed by atoms with Crippen molar-refractivity contribution in [2.24, 2.45) is 0 Å². The summed E-state index contributed by atoms with van der Waals surface area (Å²) in [5.41, 5.74) is -0.369. The highest BCUT2D eigenvalue weighted by Gasteiger charge is 2.31. The van der Waals surface area contributed by atoms with E-state index in [0.717, 1.165) is 12.1 Å². The van der Waals surface area contributed by atoms with Gasteiger partial charge in [0.15, 0.2) is 0 Å². The van der Waals surface area contributed by atoms with E-state index in [1.165, 1.54) is 26.0 Å². The van der Waals surface area contributed by atoms with Crippen LogP contribution in [0.4, 0.5) is 13.2 Å². The van der Waals surface area contributed by atoms with E-state index in [0.29, 0.717) is 5.56 Å². The molecule has 0 radical (unpaired) electrons. The smallest absolute Gasteiger partial charge is 0.416 e. The van der Waals surface area contributed by atoms with E-state index < -0.39 is 42.0 Å². The van der Waals surface area contributed by atoms with Crippen molar-refractivity contribution in [3.8, 4) is 11.8 Å². The molecule has 144 valence electrons. The van der Waals surface area contributed by atoms with Crippen LogP contribution < -0.4 is 0 Å². The van der Waals surface area contributed by atoms with Gasteiger partial charge in [-0.05, 0) is 36.4 Å². The fraction of sp³-hybridized carbons (Fsp3) is 0.368. The zero-order valence-electron chi connectivity index (χ0n) is 14.6. The second-order valence-electron chi connectivity index (χ2n) is 5.70. The first-order valence-electron chi connectivity index (χ1n) is 7.98. The van der Waals surface area contributed by atoms with Crippen LogP contribution >= 0.6 is 0 Å². The number of halogens is 3. The number of carbonyl (C=O) groups is 2. The molecule has 0 spiro atoms. The van der Waals surface area contributed by atoms with Crippen LogP contribution in [-0.4, -0.2) is 36.9 Å². The molecule has 0 bridgehead atoms. The van der Waals surface area contributed by atoms with E-state index >= 15 is 0 Å². The lowest BCUT2D eigenvalue weighted by molar-refractivity contribution is -0.161. The van der Waals surface area contributed by atoms with Crippen molar-refractivity contribution in [2.75, 3.05) is 6.61 Å². The Morgan fingerprint density at radius 2 is 1.78 bits per heavy atom. The Balaban J connectivity index is 2.09. The Labute approximate surface area is 154 Å². The molecule has 0 saturated carbocycles. The van der Waals surface area contributed by atoms with E-state index in [4.69, 9.17) is 14.2 Å². The monoisotopic (exact) mass is 382 g/mol. The third-order valence-electron chi connectivity index (χ3n) is 3.49. The van der Waals surface area contributed by atoms with Crippen LogP contribution in [0.1, 0.15) is 25.0 Å². The summed E-state index contributed by atoms with van der Waals surface area (Å²) in [4.78, 5) is 22.2. The molecule has 1 aromatic rings. The summed E-state index contributed by atoms with van der Waals surface area (Å²) in [6.45, 7) is 2.35. The lowest BCUT2D eigenvalue weighted by atomic mass is 10.1. The molecule has 5 nitrogen and oxygen atoms in total. The second kappa shape index (κ2) is 8.73. The standard InChI is InChI=1S/C19H17F3O5/c1-12(23)25-11-18-17(26-13(2)24)10-9-16(27-18)8-5-14-3-6-15(7-4-14)19(20,21)22/h3-4,6-7,9-10,16-18H,11H2,1-2H3/t16-,17-,18-/m1/s1. The molecule has 0 fully saturated rings. The van der Waals surface area contributed by atoms with Crippen molar-refractivity contribution in [1.82, 2.24) is 0 Å². The summed E-state index contributed by atoms with van der Waals surface area (Å²) in [6.07, 6.45) is -3.43. The van der Waals surface area contributed by atoms with Crippen molar-refractivity contribution in [3.63, 3.8) is 0 Å². The van der Waals surface area contributed by atoms with Gasteiger partial charge in [0.2, 0.25) is 0 Å². The number of carbonyl (C=O) groups excluding carboxylic acids is 2. The van der Waals surface area contributed by atoms with Gasteiger partial charge in [-0.3, -0.25) is 9.59 Å². The fourth-order valence-electron chi connectivity index (χ4n) is 2.27. The molecule has 1 aromatic carbocycles. The first kappa shape index (κ1) is 20.5. The number of benzene rings is 1. The SMILES string of the molecule is CC(=O)OC[C@H]1O[C@H](C#Cc2ccc(C(F)(F)F)cc2)C=C[C@H]1OC(C)=O. The quantitative estimate of drug-likeness (QED) is 0.457. The predicted molar refractivity (Wildman–Crippen MR) is 88.3 cm³/mol. The van der Waals surface area contributed by atoms with Gasteiger partial charge < -0.3 is 14.2 Å². The molecule has 0 aliphatic carbocycles. The maximum Gasteiger partial charge on any atom is 0.416 e. The number of hydrogen-bond donors (Lipinski definition) is 0. The van der Waals surface area contributed by atoms with E-state index in [1.807, 2.05) is 0 Å². The Hall–Kier alpha value is -2.79. The molecule has 8 heteroatoms. The van der Waals surface area contributed by atoms with E-state index in [2.05, 4.69) is 11.8 Å². The second-order valence-corrected chi connectivity index (χ2v) is 5.70. The van der Waals surface area contributed by atoms with Crippen LogP contribution in [0.3, 0.4) is 0 Å². The first-order valence-corrected chi connectivity index (χ1v) is 7.98. The van der Waals surface area contributed by atoms with Gasteiger partial charge in [0.1, 0.15) is 24.9 Å². The number of esters is 2. The minimum absolute atomic E-state index is 0.129. The summed E-state index contributed by atoms with van der Waals surface area (Å²) in [5.74, 6) is 4.46. The van der Waals surface area contributed by atoms with E-state index in [9.17, 15) is 22.8 Å². The number of rotatable bonds is 3. The first-order chi connectivity index (χ1) is 12.6. The van der Waals surface area contributed by atoms with Crippen LogP contribution in [-0.2, 0) is 30.0 Å². The average molecular weight is 382 g/mol. The maximum absolute atomic E-state index is 12.6. The molecule has 0 saturated heterocycles. The molecule has 27 heavy (non-hydrogen) atoms. The highest BCUT2D eigenvalue weighted by atomic mass is 19.4. The zero-order valence-corrected chi connectivity index (χ0v) is 14.6. The Kier molecular flexibility index (Phi) is 6.64. The fourth-order valence-corrected chi connectivity index (χ4v) is 2.27. The summed E-state index contributed by atoms with van der Waals surface area (Å²) in [7, 11) is 0. The van der Waals surface area contributed by atoms with Gasteiger partial charge in [-0.1, -0.05) is 11.8 Å². The number of alkyl halides is 3. The molecule has 0 aromatic heterocycles.